The molecule has 7 nitrogen and oxygen atoms in total. The van der Waals surface area contributed by atoms with Gasteiger partial charge < -0.3 is 4.98 Å². The van der Waals surface area contributed by atoms with Gasteiger partial charge in [0.2, 0.25) is 0 Å². The van der Waals surface area contributed by atoms with Crippen LogP contribution < -0.4 is 5.56 Å². The lowest BCUT2D eigenvalue weighted by Gasteiger charge is -2.27. The van der Waals surface area contributed by atoms with Crippen LogP contribution in [0.15, 0.2) is 40.2 Å². The Bertz CT molecular complexity index is 1160. The lowest BCUT2D eigenvalue weighted by atomic mass is 10.0. The second-order valence-corrected chi connectivity index (χ2v) is 7.87. The molecule has 1 aromatic carbocycles. The molecule has 4 heterocycles. The molecule has 0 spiro atoms. The maximum atomic E-state index is 13.6. The highest BCUT2D eigenvalue weighted by atomic mass is 19.1. The van der Waals surface area contributed by atoms with Crippen LogP contribution in [0, 0.1) is 5.82 Å². The average molecular weight is 406 g/mol. The van der Waals surface area contributed by atoms with E-state index in [0.29, 0.717) is 25.3 Å². The molecule has 2 aromatic heterocycles. The van der Waals surface area contributed by atoms with Crippen LogP contribution in [0.4, 0.5) is 4.39 Å². The maximum Gasteiger partial charge on any atom is 0.255 e. The van der Waals surface area contributed by atoms with Crippen LogP contribution >= 0.6 is 0 Å². The summed E-state index contributed by atoms with van der Waals surface area (Å²) in [6, 6.07) is 6.46. The molecule has 0 saturated heterocycles. The first-order valence-corrected chi connectivity index (χ1v) is 10.3. The minimum Gasteiger partial charge on any atom is -0.305 e. The van der Waals surface area contributed by atoms with Gasteiger partial charge in [-0.05, 0) is 31.4 Å². The van der Waals surface area contributed by atoms with E-state index in [1.54, 1.807) is 12.3 Å². The van der Waals surface area contributed by atoms with Gasteiger partial charge in [0, 0.05) is 43.7 Å². The van der Waals surface area contributed by atoms with E-state index in [2.05, 4.69) is 25.1 Å². The lowest BCUT2D eigenvalue weighted by Crippen LogP contribution is -2.36. The van der Waals surface area contributed by atoms with Gasteiger partial charge in [-0.2, -0.15) is 5.10 Å². The Morgan fingerprint density at radius 1 is 1.20 bits per heavy atom. The smallest absolute Gasteiger partial charge is 0.255 e. The molecule has 3 aromatic rings. The molecular weight excluding hydrogens is 383 g/mol. The number of hydrogen-bond donors (Lipinski definition) is 2. The van der Waals surface area contributed by atoms with Crippen LogP contribution in [-0.2, 0) is 19.5 Å². The molecule has 0 aliphatic carbocycles. The molecule has 0 unspecified atom stereocenters. The van der Waals surface area contributed by atoms with E-state index in [1.165, 1.54) is 12.1 Å². The van der Waals surface area contributed by atoms with E-state index in [4.69, 9.17) is 4.98 Å². The van der Waals surface area contributed by atoms with Crippen LogP contribution in [0.5, 0.6) is 0 Å². The zero-order valence-corrected chi connectivity index (χ0v) is 16.6. The lowest BCUT2D eigenvalue weighted by molar-refractivity contribution is 0.242. The fraction of sp³-hybridized carbons (Fsp3) is 0.364. The minimum atomic E-state index is -0.282. The normalized spacial score (nSPS) is 16.9. The second-order valence-electron chi connectivity index (χ2n) is 7.87. The van der Waals surface area contributed by atoms with Gasteiger partial charge in [-0.25, -0.2) is 9.37 Å². The molecule has 8 heteroatoms. The fourth-order valence-corrected chi connectivity index (χ4v) is 4.21. The molecule has 0 radical (unpaired) electrons. The molecule has 0 bridgehead atoms. The van der Waals surface area contributed by atoms with Crippen molar-refractivity contribution in [3.8, 4) is 11.3 Å². The number of fused-ring (bicyclic) bond motifs is 1. The van der Waals surface area contributed by atoms with Gasteiger partial charge in [-0.3, -0.25) is 19.8 Å². The van der Waals surface area contributed by atoms with E-state index >= 15 is 0 Å². The van der Waals surface area contributed by atoms with Crippen LogP contribution in [0.2, 0.25) is 0 Å². The highest BCUT2D eigenvalue weighted by molar-refractivity contribution is 5.97. The number of halogens is 1. The Morgan fingerprint density at radius 3 is 2.97 bits per heavy atom. The number of benzene rings is 1. The topological polar surface area (TPSA) is 90.0 Å². The van der Waals surface area contributed by atoms with Crippen LogP contribution in [0.25, 0.3) is 11.3 Å². The average Bonchev–Trinajstić information content (AvgIpc) is 3.23. The Morgan fingerprint density at radius 2 is 2.13 bits per heavy atom. The van der Waals surface area contributed by atoms with Crippen molar-refractivity contribution in [1.29, 1.82) is 0 Å². The summed E-state index contributed by atoms with van der Waals surface area (Å²) < 4.78 is 13.6. The first-order chi connectivity index (χ1) is 14.7. The number of hydrogen-bond acceptors (Lipinski definition) is 5. The van der Waals surface area contributed by atoms with Crippen molar-refractivity contribution >= 4 is 5.71 Å². The molecule has 0 atom stereocenters. The molecule has 2 aliphatic heterocycles. The SMILES string of the molecule is O=c1[nH]c(C2=NCCCC2)nc2c1CN(Cc1cn[nH]c1-c1cccc(F)c1)CC2. The van der Waals surface area contributed by atoms with Crippen molar-refractivity contribution in [1.82, 2.24) is 25.1 Å². The molecule has 2 N–H and O–H groups in total. The predicted molar refractivity (Wildman–Crippen MR) is 112 cm³/mol. The van der Waals surface area contributed by atoms with E-state index in [1.807, 2.05) is 6.07 Å². The molecular formula is C22H23FN6O. The maximum absolute atomic E-state index is 13.6. The molecule has 30 heavy (non-hydrogen) atoms. The Balaban J connectivity index is 1.37. The quantitative estimate of drug-likeness (QED) is 0.697. The van der Waals surface area contributed by atoms with Crippen molar-refractivity contribution in [3.05, 3.63) is 69.3 Å². The molecule has 0 fully saturated rings. The molecule has 0 amide bonds. The Kier molecular flexibility index (Phi) is 5.00. The summed E-state index contributed by atoms with van der Waals surface area (Å²) >= 11 is 0. The van der Waals surface area contributed by atoms with Gasteiger partial charge in [0.15, 0.2) is 5.82 Å². The summed E-state index contributed by atoms with van der Waals surface area (Å²) in [5.41, 5.74) is 4.97. The summed E-state index contributed by atoms with van der Waals surface area (Å²) in [5.74, 6) is 0.353. The third-order valence-electron chi connectivity index (χ3n) is 5.77. The van der Waals surface area contributed by atoms with Crippen LogP contribution in [0.3, 0.4) is 0 Å². The van der Waals surface area contributed by atoms with E-state index < -0.39 is 0 Å². The van der Waals surface area contributed by atoms with Gasteiger partial charge in [0.1, 0.15) is 5.82 Å². The van der Waals surface area contributed by atoms with Gasteiger partial charge in [0.05, 0.1) is 28.9 Å². The van der Waals surface area contributed by atoms with E-state index in [-0.39, 0.29) is 11.4 Å². The number of H-pyrrole nitrogens is 2. The second kappa shape index (κ2) is 7.95. The van der Waals surface area contributed by atoms with Gasteiger partial charge in [0.25, 0.3) is 5.56 Å². The van der Waals surface area contributed by atoms with Crippen molar-refractivity contribution in [2.24, 2.45) is 4.99 Å². The monoisotopic (exact) mass is 406 g/mol. The predicted octanol–water partition coefficient (Wildman–Crippen LogP) is 2.83. The summed E-state index contributed by atoms with van der Waals surface area (Å²) in [6.07, 6.45) is 5.54. The number of aromatic amines is 2. The first kappa shape index (κ1) is 18.9. The van der Waals surface area contributed by atoms with E-state index in [9.17, 15) is 9.18 Å². The van der Waals surface area contributed by atoms with Crippen LogP contribution in [-0.4, -0.2) is 43.9 Å². The van der Waals surface area contributed by atoms with Gasteiger partial charge in [-0.15, -0.1) is 0 Å². The number of aromatic nitrogens is 4. The largest absolute Gasteiger partial charge is 0.305 e. The minimum absolute atomic E-state index is 0.0782. The zero-order chi connectivity index (χ0) is 20.5. The Hall–Kier alpha value is -3.13. The summed E-state index contributed by atoms with van der Waals surface area (Å²) in [5, 5.41) is 7.13. The van der Waals surface area contributed by atoms with Crippen molar-refractivity contribution < 1.29 is 4.39 Å². The number of nitrogens with one attached hydrogen (secondary N) is 2. The summed E-state index contributed by atoms with van der Waals surface area (Å²) in [4.78, 5) is 27.2. The summed E-state index contributed by atoms with van der Waals surface area (Å²) in [6.45, 7) is 2.75. The van der Waals surface area contributed by atoms with Crippen molar-refractivity contribution in [2.45, 2.75) is 38.8 Å². The third kappa shape index (κ3) is 3.70. The van der Waals surface area contributed by atoms with Gasteiger partial charge >= 0.3 is 0 Å². The molecule has 154 valence electrons. The summed E-state index contributed by atoms with van der Waals surface area (Å²) in [7, 11) is 0. The number of aliphatic imine (C=N–C) groups is 1. The standard InChI is InChI=1S/C22H23FN6O/c23-16-5-3-4-14(10-16)20-15(11-25-28-20)12-29-9-7-18-17(13-29)22(30)27-21(26-18)19-6-1-2-8-24-19/h3-5,10-11H,1-2,6-9,12-13H2,(H,25,28)(H,26,27,30). The van der Waals surface area contributed by atoms with E-state index in [0.717, 1.165) is 66.1 Å². The van der Waals surface area contributed by atoms with Crippen LogP contribution in [0.1, 0.15) is 41.9 Å². The molecule has 5 rings (SSSR count). The Labute approximate surface area is 173 Å². The zero-order valence-electron chi connectivity index (χ0n) is 16.6. The number of nitrogens with zero attached hydrogens (tertiary/aromatic N) is 4. The third-order valence-corrected chi connectivity index (χ3v) is 5.77. The molecule has 0 saturated carbocycles. The molecule has 2 aliphatic rings. The highest BCUT2D eigenvalue weighted by Gasteiger charge is 2.24. The first-order valence-electron chi connectivity index (χ1n) is 10.3. The number of rotatable bonds is 4. The fourth-order valence-electron chi connectivity index (χ4n) is 4.21. The van der Waals surface area contributed by atoms with Gasteiger partial charge in [-0.1, -0.05) is 12.1 Å². The highest BCUT2D eigenvalue weighted by Crippen LogP contribution is 2.25. The van der Waals surface area contributed by atoms with Crippen molar-refractivity contribution in [2.75, 3.05) is 13.1 Å². The van der Waals surface area contributed by atoms with Crippen molar-refractivity contribution in [3.63, 3.8) is 0 Å².